The molecule has 0 heterocycles. The topological polar surface area (TPSA) is 46.3 Å². The lowest BCUT2D eigenvalue weighted by Crippen LogP contribution is -2.45. The van der Waals surface area contributed by atoms with Crippen molar-refractivity contribution in [2.45, 2.75) is 31.7 Å². The van der Waals surface area contributed by atoms with Gasteiger partial charge in [0, 0.05) is 13.6 Å². The molecule has 18 heavy (non-hydrogen) atoms. The van der Waals surface area contributed by atoms with E-state index in [2.05, 4.69) is 0 Å². The SMILES string of the molecule is CN(CC1CCC1)C(=O)C(N)Cc1ccccc1. The molecule has 98 valence electrons. The fourth-order valence-electron chi connectivity index (χ4n) is 2.39. The van der Waals surface area contributed by atoms with Crippen LogP contribution in [-0.2, 0) is 11.2 Å². The minimum Gasteiger partial charge on any atom is -0.344 e. The van der Waals surface area contributed by atoms with Crippen LogP contribution in [0.25, 0.3) is 0 Å². The van der Waals surface area contributed by atoms with E-state index in [-0.39, 0.29) is 5.91 Å². The second-order valence-electron chi connectivity index (χ2n) is 5.31. The van der Waals surface area contributed by atoms with Crippen LogP contribution >= 0.6 is 0 Å². The number of carbonyl (C=O) groups excluding carboxylic acids is 1. The fraction of sp³-hybridized carbons (Fsp3) is 0.533. The van der Waals surface area contributed by atoms with Gasteiger partial charge in [0.2, 0.25) is 5.91 Å². The minimum absolute atomic E-state index is 0.0609. The number of carbonyl (C=O) groups is 1. The van der Waals surface area contributed by atoms with E-state index in [9.17, 15) is 4.79 Å². The summed E-state index contributed by atoms with van der Waals surface area (Å²) in [5.74, 6) is 0.758. The number of nitrogens with two attached hydrogens (primary N) is 1. The van der Waals surface area contributed by atoms with E-state index in [4.69, 9.17) is 5.73 Å². The zero-order chi connectivity index (χ0) is 13.0. The molecule has 2 N–H and O–H groups in total. The Labute approximate surface area is 109 Å². The molecule has 0 bridgehead atoms. The number of nitrogens with zero attached hydrogens (tertiary/aromatic N) is 1. The molecule has 1 aliphatic carbocycles. The molecule has 1 amide bonds. The molecule has 3 heteroatoms. The summed E-state index contributed by atoms with van der Waals surface area (Å²) < 4.78 is 0. The average Bonchev–Trinajstić information content (AvgIpc) is 2.33. The van der Waals surface area contributed by atoms with Gasteiger partial charge in [0.05, 0.1) is 6.04 Å². The van der Waals surface area contributed by atoms with Crippen molar-refractivity contribution in [3.8, 4) is 0 Å². The molecule has 0 radical (unpaired) electrons. The van der Waals surface area contributed by atoms with E-state index in [1.807, 2.05) is 37.4 Å². The van der Waals surface area contributed by atoms with Crippen LogP contribution in [0.3, 0.4) is 0 Å². The zero-order valence-electron chi connectivity index (χ0n) is 11.0. The molecule has 3 nitrogen and oxygen atoms in total. The Kier molecular flexibility index (Phi) is 4.37. The number of hydrogen-bond acceptors (Lipinski definition) is 2. The quantitative estimate of drug-likeness (QED) is 0.861. The van der Waals surface area contributed by atoms with Gasteiger partial charge in [-0.3, -0.25) is 4.79 Å². The molecule has 0 saturated heterocycles. The van der Waals surface area contributed by atoms with E-state index in [1.165, 1.54) is 19.3 Å². The summed E-state index contributed by atoms with van der Waals surface area (Å²) in [5.41, 5.74) is 7.11. The van der Waals surface area contributed by atoms with Gasteiger partial charge in [-0.05, 0) is 30.7 Å². The molecule has 1 aromatic rings. The zero-order valence-corrected chi connectivity index (χ0v) is 11.0. The Morgan fingerprint density at radius 3 is 2.61 bits per heavy atom. The Hall–Kier alpha value is -1.35. The monoisotopic (exact) mass is 246 g/mol. The number of rotatable bonds is 5. The van der Waals surface area contributed by atoms with Crippen LogP contribution in [0.15, 0.2) is 30.3 Å². The highest BCUT2D eigenvalue weighted by Crippen LogP contribution is 2.26. The molecule has 1 aromatic carbocycles. The van der Waals surface area contributed by atoms with Crippen LogP contribution in [0.1, 0.15) is 24.8 Å². The van der Waals surface area contributed by atoms with Crippen molar-refractivity contribution in [3.05, 3.63) is 35.9 Å². The molecule has 1 aliphatic rings. The first-order valence-corrected chi connectivity index (χ1v) is 6.71. The summed E-state index contributed by atoms with van der Waals surface area (Å²) >= 11 is 0. The highest BCUT2D eigenvalue weighted by atomic mass is 16.2. The molecule has 1 unspecified atom stereocenters. The number of amides is 1. The van der Waals surface area contributed by atoms with E-state index in [1.54, 1.807) is 4.90 Å². The Bertz CT molecular complexity index is 387. The maximum Gasteiger partial charge on any atom is 0.239 e. The van der Waals surface area contributed by atoms with Crippen molar-refractivity contribution in [3.63, 3.8) is 0 Å². The largest absolute Gasteiger partial charge is 0.344 e. The van der Waals surface area contributed by atoms with Gasteiger partial charge in [0.1, 0.15) is 0 Å². The van der Waals surface area contributed by atoms with Gasteiger partial charge in [0.15, 0.2) is 0 Å². The second kappa shape index (κ2) is 6.01. The summed E-state index contributed by atoms with van der Waals surface area (Å²) in [7, 11) is 1.87. The Morgan fingerprint density at radius 1 is 1.39 bits per heavy atom. The number of hydrogen-bond donors (Lipinski definition) is 1. The first-order chi connectivity index (χ1) is 8.66. The van der Waals surface area contributed by atoms with Crippen LogP contribution in [0.5, 0.6) is 0 Å². The summed E-state index contributed by atoms with van der Waals surface area (Å²) in [6.07, 6.45) is 4.44. The normalized spacial score (nSPS) is 17.0. The van der Waals surface area contributed by atoms with Crippen LogP contribution in [-0.4, -0.2) is 30.4 Å². The maximum absolute atomic E-state index is 12.1. The third kappa shape index (κ3) is 3.33. The van der Waals surface area contributed by atoms with Crippen LogP contribution in [0, 0.1) is 5.92 Å². The first kappa shape index (κ1) is 13.1. The highest BCUT2D eigenvalue weighted by molar-refractivity contribution is 5.81. The van der Waals surface area contributed by atoms with Crippen molar-refractivity contribution in [1.82, 2.24) is 4.90 Å². The molecule has 0 spiro atoms. The van der Waals surface area contributed by atoms with Crippen LogP contribution < -0.4 is 5.73 Å². The van der Waals surface area contributed by atoms with E-state index >= 15 is 0 Å². The predicted octanol–water partition coefficient (Wildman–Crippen LogP) is 1.81. The lowest BCUT2D eigenvalue weighted by atomic mass is 9.85. The molecule has 1 saturated carbocycles. The molecule has 1 fully saturated rings. The van der Waals surface area contributed by atoms with Gasteiger partial charge in [-0.15, -0.1) is 0 Å². The number of benzene rings is 1. The van der Waals surface area contributed by atoms with Crippen molar-refractivity contribution < 1.29 is 4.79 Å². The predicted molar refractivity (Wildman–Crippen MR) is 73.1 cm³/mol. The third-order valence-corrected chi connectivity index (χ3v) is 3.75. The summed E-state index contributed by atoms with van der Waals surface area (Å²) in [6.45, 7) is 0.862. The summed E-state index contributed by atoms with van der Waals surface area (Å²) in [6, 6.07) is 9.53. The van der Waals surface area contributed by atoms with E-state index in [0.29, 0.717) is 12.3 Å². The summed E-state index contributed by atoms with van der Waals surface area (Å²) in [4.78, 5) is 13.9. The van der Waals surface area contributed by atoms with Gasteiger partial charge in [0.25, 0.3) is 0 Å². The minimum atomic E-state index is -0.419. The molecule has 2 rings (SSSR count). The van der Waals surface area contributed by atoms with Gasteiger partial charge < -0.3 is 10.6 Å². The third-order valence-electron chi connectivity index (χ3n) is 3.75. The van der Waals surface area contributed by atoms with Crippen molar-refractivity contribution >= 4 is 5.91 Å². The van der Waals surface area contributed by atoms with Gasteiger partial charge >= 0.3 is 0 Å². The molecule has 0 aromatic heterocycles. The lowest BCUT2D eigenvalue weighted by Gasteiger charge is -2.31. The van der Waals surface area contributed by atoms with Gasteiger partial charge in [-0.25, -0.2) is 0 Å². The molecule has 0 aliphatic heterocycles. The molecular formula is C15H22N2O. The Balaban J connectivity index is 1.83. The average molecular weight is 246 g/mol. The number of likely N-dealkylation sites (N-methyl/N-ethyl adjacent to an activating group) is 1. The van der Waals surface area contributed by atoms with Crippen LogP contribution in [0.2, 0.25) is 0 Å². The van der Waals surface area contributed by atoms with E-state index in [0.717, 1.165) is 12.1 Å². The van der Waals surface area contributed by atoms with Gasteiger partial charge in [-0.1, -0.05) is 36.8 Å². The fourth-order valence-corrected chi connectivity index (χ4v) is 2.39. The summed E-state index contributed by atoms with van der Waals surface area (Å²) in [5, 5.41) is 0. The van der Waals surface area contributed by atoms with Crippen molar-refractivity contribution in [2.75, 3.05) is 13.6 Å². The standard InChI is InChI=1S/C15H22N2O/c1-17(11-13-8-5-9-13)15(18)14(16)10-12-6-3-2-4-7-12/h2-4,6-7,13-14H,5,8-11,16H2,1H3. The Morgan fingerprint density at radius 2 is 2.06 bits per heavy atom. The van der Waals surface area contributed by atoms with E-state index < -0.39 is 6.04 Å². The van der Waals surface area contributed by atoms with Gasteiger partial charge in [-0.2, -0.15) is 0 Å². The van der Waals surface area contributed by atoms with Crippen LogP contribution in [0.4, 0.5) is 0 Å². The highest BCUT2D eigenvalue weighted by Gasteiger charge is 2.24. The molecule has 1 atom stereocenters. The van der Waals surface area contributed by atoms with Crippen molar-refractivity contribution in [2.24, 2.45) is 11.7 Å². The first-order valence-electron chi connectivity index (χ1n) is 6.71. The molecular weight excluding hydrogens is 224 g/mol. The van der Waals surface area contributed by atoms with Crippen molar-refractivity contribution in [1.29, 1.82) is 0 Å². The smallest absolute Gasteiger partial charge is 0.239 e. The lowest BCUT2D eigenvalue weighted by molar-refractivity contribution is -0.132. The maximum atomic E-state index is 12.1. The second-order valence-corrected chi connectivity index (χ2v) is 5.31.